The second-order valence-corrected chi connectivity index (χ2v) is 5.79. The molecule has 5 nitrogen and oxygen atoms in total. The molecule has 0 aromatic rings. The number of hydrogen-bond acceptors (Lipinski definition) is 5. The highest BCUT2D eigenvalue weighted by Crippen LogP contribution is 2.23. The van der Waals surface area contributed by atoms with Crippen molar-refractivity contribution in [3.05, 3.63) is 12.2 Å². The highest BCUT2D eigenvalue weighted by molar-refractivity contribution is 5.79. The van der Waals surface area contributed by atoms with E-state index in [2.05, 4.69) is 4.99 Å². The number of nitrogens with zero attached hydrogens (tertiary/aromatic N) is 1. The van der Waals surface area contributed by atoms with Crippen LogP contribution in [0.4, 0.5) is 0 Å². The molecule has 0 spiro atoms. The molecule has 1 heterocycles. The minimum Gasteiger partial charge on any atom is -0.477 e. The van der Waals surface area contributed by atoms with Gasteiger partial charge in [-0.05, 0) is 34.6 Å². The summed E-state index contributed by atoms with van der Waals surface area (Å²) in [6.45, 7) is 11.1. The molecule has 0 aromatic heterocycles. The van der Waals surface area contributed by atoms with Crippen molar-refractivity contribution in [3.63, 3.8) is 0 Å². The monoisotopic (exact) mass is 285 g/mol. The lowest BCUT2D eigenvalue weighted by molar-refractivity contribution is -0.140. The van der Waals surface area contributed by atoms with Gasteiger partial charge in [-0.3, -0.25) is 0 Å². The molecule has 0 bridgehead atoms. The van der Waals surface area contributed by atoms with Crippen molar-refractivity contribution >= 4 is 5.90 Å². The second kappa shape index (κ2) is 7.20. The molecule has 1 aliphatic heterocycles. The van der Waals surface area contributed by atoms with Gasteiger partial charge in [0.2, 0.25) is 5.90 Å². The Morgan fingerprint density at radius 3 is 2.70 bits per heavy atom. The molecule has 0 amide bonds. The molecule has 0 fully saturated rings. The largest absolute Gasteiger partial charge is 0.477 e. The van der Waals surface area contributed by atoms with Crippen LogP contribution < -0.4 is 0 Å². The summed E-state index contributed by atoms with van der Waals surface area (Å²) in [5.41, 5.74) is -0.709. The zero-order chi connectivity index (χ0) is 15.2. The molecule has 20 heavy (non-hydrogen) atoms. The van der Waals surface area contributed by atoms with Crippen LogP contribution in [-0.2, 0) is 18.9 Å². The minimum atomic E-state index is -0.550. The Balaban J connectivity index is 2.63. The number of allylic oxidation sites excluding steroid dienone is 1. The van der Waals surface area contributed by atoms with Crippen LogP contribution in [0.2, 0.25) is 0 Å². The van der Waals surface area contributed by atoms with Crippen LogP contribution in [0.15, 0.2) is 17.1 Å². The summed E-state index contributed by atoms with van der Waals surface area (Å²) in [7, 11) is 1.60. The first-order valence-corrected chi connectivity index (χ1v) is 6.93. The Labute approximate surface area is 122 Å². The fourth-order valence-corrected chi connectivity index (χ4v) is 1.92. The van der Waals surface area contributed by atoms with Crippen LogP contribution in [0.1, 0.15) is 34.6 Å². The highest BCUT2D eigenvalue weighted by Gasteiger charge is 2.33. The van der Waals surface area contributed by atoms with E-state index in [-0.39, 0.29) is 18.4 Å². The van der Waals surface area contributed by atoms with Crippen molar-refractivity contribution in [1.29, 1.82) is 0 Å². The van der Waals surface area contributed by atoms with Crippen LogP contribution in [-0.4, -0.2) is 50.3 Å². The first kappa shape index (κ1) is 17.1. The quantitative estimate of drug-likeness (QED) is 0.508. The zero-order valence-electron chi connectivity index (χ0n) is 13.4. The summed E-state index contributed by atoms with van der Waals surface area (Å²) in [5, 5.41) is 0. The third-order valence-corrected chi connectivity index (χ3v) is 3.27. The predicted molar refractivity (Wildman–Crippen MR) is 79.1 cm³/mol. The van der Waals surface area contributed by atoms with Crippen molar-refractivity contribution in [2.24, 2.45) is 4.99 Å². The van der Waals surface area contributed by atoms with Crippen molar-refractivity contribution in [2.45, 2.75) is 51.9 Å². The van der Waals surface area contributed by atoms with Crippen LogP contribution in [0, 0.1) is 0 Å². The number of methoxy groups -OCH3 is 1. The molecule has 0 saturated carbocycles. The zero-order valence-corrected chi connectivity index (χ0v) is 13.4. The average Bonchev–Trinajstić information content (AvgIpc) is 2.73. The number of aliphatic imine (C=N–C) groups is 1. The molecule has 0 radical (unpaired) electrons. The maximum atomic E-state index is 5.98. The molecule has 2 atom stereocenters. The van der Waals surface area contributed by atoms with Crippen LogP contribution in [0.3, 0.4) is 0 Å². The third-order valence-electron chi connectivity index (χ3n) is 3.27. The molecular weight excluding hydrogens is 258 g/mol. The van der Waals surface area contributed by atoms with E-state index in [0.29, 0.717) is 19.1 Å². The highest BCUT2D eigenvalue weighted by atomic mass is 16.7. The van der Waals surface area contributed by atoms with Gasteiger partial charge in [-0.15, -0.1) is 0 Å². The molecule has 0 N–H and O–H groups in total. The van der Waals surface area contributed by atoms with Crippen molar-refractivity contribution in [1.82, 2.24) is 0 Å². The topological polar surface area (TPSA) is 49.3 Å². The summed E-state index contributed by atoms with van der Waals surface area (Å²) >= 11 is 0. The molecule has 116 valence electrons. The molecule has 5 heteroatoms. The van der Waals surface area contributed by atoms with E-state index in [1.807, 2.05) is 46.8 Å². The summed E-state index contributed by atoms with van der Waals surface area (Å²) in [6, 6.07) is 0. The van der Waals surface area contributed by atoms with Gasteiger partial charge in [0.1, 0.15) is 25.6 Å². The maximum Gasteiger partial charge on any atom is 0.210 e. The van der Waals surface area contributed by atoms with Crippen molar-refractivity contribution < 1.29 is 18.9 Å². The van der Waals surface area contributed by atoms with E-state index in [0.717, 1.165) is 0 Å². The standard InChI is InChI=1S/C15H27NO4/c1-7-8-15(5,12(2)19-11-17-6)20-9-13-16-14(3,4)10-18-13/h7-8,12H,9-11H2,1-6H3/b8-7-/t12-,15+/m0/s1. The molecule has 1 rings (SSSR count). The van der Waals surface area contributed by atoms with E-state index in [1.54, 1.807) is 7.11 Å². The predicted octanol–water partition coefficient (Wildman–Crippen LogP) is 2.55. The lowest BCUT2D eigenvalue weighted by atomic mass is 9.99. The second-order valence-electron chi connectivity index (χ2n) is 5.79. The van der Waals surface area contributed by atoms with Crippen LogP contribution >= 0.6 is 0 Å². The Hall–Kier alpha value is -0.910. The molecule has 0 unspecified atom stereocenters. The first-order valence-electron chi connectivity index (χ1n) is 6.93. The van der Waals surface area contributed by atoms with Crippen molar-refractivity contribution in [3.8, 4) is 0 Å². The maximum absolute atomic E-state index is 5.98. The average molecular weight is 285 g/mol. The summed E-state index contributed by atoms with van der Waals surface area (Å²) < 4.78 is 22.0. The lowest BCUT2D eigenvalue weighted by Gasteiger charge is -2.32. The van der Waals surface area contributed by atoms with Crippen LogP contribution in [0.5, 0.6) is 0 Å². The van der Waals surface area contributed by atoms with E-state index in [4.69, 9.17) is 18.9 Å². The smallest absolute Gasteiger partial charge is 0.210 e. The van der Waals surface area contributed by atoms with Gasteiger partial charge in [0.25, 0.3) is 0 Å². The fraction of sp³-hybridized carbons (Fsp3) is 0.800. The third kappa shape index (κ3) is 4.89. The molecule has 1 aliphatic rings. The van der Waals surface area contributed by atoms with Gasteiger partial charge in [-0.1, -0.05) is 12.2 Å². The number of hydrogen-bond donors (Lipinski definition) is 0. The van der Waals surface area contributed by atoms with E-state index < -0.39 is 5.60 Å². The van der Waals surface area contributed by atoms with Gasteiger partial charge in [-0.2, -0.15) is 0 Å². The number of ether oxygens (including phenoxy) is 4. The molecule has 0 aliphatic carbocycles. The van der Waals surface area contributed by atoms with Gasteiger partial charge in [-0.25, -0.2) is 4.99 Å². The van der Waals surface area contributed by atoms with Gasteiger partial charge < -0.3 is 18.9 Å². The lowest BCUT2D eigenvalue weighted by Crippen LogP contribution is -2.41. The minimum absolute atomic E-state index is 0.145. The molecule has 0 saturated heterocycles. The normalized spacial score (nSPS) is 22.4. The van der Waals surface area contributed by atoms with Gasteiger partial charge in [0.15, 0.2) is 0 Å². The fourth-order valence-electron chi connectivity index (χ4n) is 1.92. The molecule has 0 aromatic carbocycles. The molecular formula is C15H27NO4. The van der Waals surface area contributed by atoms with E-state index in [1.165, 1.54) is 0 Å². The summed E-state index contributed by atoms with van der Waals surface area (Å²) in [4.78, 5) is 4.48. The summed E-state index contributed by atoms with van der Waals surface area (Å²) in [5.74, 6) is 0.643. The Morgan fingerprint density at radius 1 is 1.50 bits per heavy atom. The summed E-state index contributed by atoms with van der Waals surface area (Å²) in [6.07, 6.45) is 3.79. The van der Waals surface area contributed by atoms with Crippen LogP contribution in [0.25, 0.3) is 0 Å². The Morgan fingerprint density at radius 2 is 2.20 bits per heavy atom. The first-order chi connectivity index (χ1) is 9.33. The van der Waals surface area contributed by atoms with Gasteiger partial charge in [0, 0.05) is 7.11 Å². The van der Waals surface area contributed by atoms with E-state index >= 15 is 0 Å². The number of rotatable bonds is 8. The van der Waals surface area contributed by atoms with Crippen molar-refractivity contribution in [2.75, 3.05) is 27.1 Å². The Bertz CT molecular complexity index is 365. The van der Waals surface area contributed by atoms with E-state index in [9.17, 15) is 0 Å². The van der Waals surface area contributed by atoms with Gasteiger partial charge >= 0.3 is 0 Å². The Kier molecular flexibility index (Phi) is 6.17. The van der Waals surface area contributed by atoms with Gasteiger partial charge in [0.05, 0.1) is 11.6 Å². The SMILES string of the molecule is C/C=C\[C@@](C)(OCC1=NC(C)(C)CO1)[C@H](C)OCOC.